The number of carbonyl (C=O) groups is 1. The summed E-state index contributed by atoms with van der Waals surface area (Å²) in [6.07, 6.45) is 0.0753. The van der Waals surface area contributed by atoms with Gasteiger partial charge < -0.3 is 14.8 Å². The van der Waals surface area contributed by atoms with E-state index in [0.29, 0.717) is 16.5 Å². The Balaban J connectivity index is 1.66. The number of rotatable bonds is 11. The number of halogens is 2. The largest absolute Gasteiger partial charge is 0.492 e. The predicted molar refractivity (Wildman–Crippen MR) is 153 cm³/mol. The van der Waals surface area contributed by atoms with E-state index in [-0.39, 0.29) is 34.4 Å². The molecule has 2 N–H and O–H groups in total. The smallest absolute Gasteiger partial charge is 0.245 e. The van der Waals surface area contributed by atoms with Gasteiger partial charge in [0.05, 0.1) is 12.3 Å². The Bertz CT molecular complexity index is 1530. The van der Waals surface area contributed by atoms with Gasteiger partial charge in [0, 0.05) is 10.0 Å². The number of anilines is 1. The zero-order valence-electron chi connectivity index (χ0n) is 20.9. The Kier molecular flexibility index (Phi) is 9.48. The van der Waals surface area contributed by atoms with E-state index in [1.165, 1.54) is 24.3 Å². The standard InChI is InChI=1S/C29H26Cl2N2O5S/c1-2-37-27-16-14-22(31)19-28(27)39(35,36)33-25(17-20-9-5-3-6-10-20)29(34)32-24-18-21(30)13-15-26(24)38-23-11-7-4-8-12-23/h3-16,18-19,25,33H,2,17H2,1H3,(H,32,34). The Labute approximate surface area is 237 Å². The van der Waals surface area contributed by atoms with Gasteiger partial charge in [0.15, 0.2) is 5.75 Å². The average Bonchev–Trinajstić information content (AvgIpc) is 2.92. The van der Waals surface area contributed by atoms with E-state index >= 15 is 0 Å². The van der Waals surface area contributed by atoms with Gasteiger partial charge in [-0.2, -0.15) is 4.72 Å². The molecule has 4 aromatic carbocycles. The summed E-state index contributed by atoms with van der Waals surface area (Å²) in [5.74, 6) is 0.416. The molecule has 0 spiro atoms. The van der Waals surface area contributed by atoms with E-state index in [2.05, 4.69) is 10.0 Å². The van der Waals surface area contributed by atoms with Crippen molar-refractivity contribution in [2.45, 2.75) is 24.3 Å². The molecule has 39 heavy (non-hydrogen) atoms. The fourth-order valence-electron chi connectivity index (χ4n) is 3.78. The molecule has 0 bridgehead atoms. The van der Waals surface area contributed by atoms with Crippen molar-refractivity contribution >= 4 is 44.8 Å². The summed E-state index contributed by atoms with van der Waals surface area (Å²) in [6.45, 7) is 1.99. The van der Waals surface area contributed by atoms with Crippen LogP contribution in [0, 0.1) is 0 Å². The number of para-hydroxylation sites is 1. The van der Waals surface area contributed by atoms with Crippen molar-refractivity contribution in [2.75, 3.05) is 11.9 Å². The summed E-state index contributed by atoms with van der Waals surface area (Å²) in [6, 6.07) is 26.0. The van der Waals surface area contributed by atoms with E-state index in [0.717, 1.165) is 5.56 Å². The molecule has 1 unspecified atom stereocenters. The predicted octanol–water partition coefficient (Wildman–Crippen LogP) is 6.71. The van der Waals surface area contributed by atoms with Gasteiger partial charge in [-0.3, -0.25) is 4.79 Å². The van der Waals surface area contributed by atoms with Crippen molar-refractivity contribution in [3.05, 3.63) is 113 Å². The maximum Gasteiger partial charge on any atom is 0.245 e. The van der Waals surface area contributed by atoms with Crippen LogP contribution < -0.4 is 19.5 Å². The summed E-state index contributed by atoms with van der Waals surface area (Å²) in [4.78, 5) is 13.5. The Hall–Kier alpha value is -3.56. The zero-order chi connectivity index (χ0) is 27.8. The monoisotopic (exact) mass is 584 g/mol. The van der Waals surface area contributed by atoms with Gasteiger partial charge in [-0.1, -0.05) is 71.7 Å². The number of hydrogen-bond donors (Lipinski definition) is 2. The van der Waals surface area contributed by atoms with Gasteiger partial charge in [0.25, 0.3) is 0 Å². The maximum absolute atomic E-state index is 13.6. The molecule has 0 saturated carbocycles. The lowest BCUT2D eigenvalue weighted by molar-refractivity contribution is -0.117. The van der Waals surface area contributed by atoms with Crippen molar-refractivity contribution in [3.8, 4) is 17.2 Å². The SMILES string of the molecule is CCOc1ccc(Cl)cc1S(=O)(=O)NC(Cc1ccccc1)C(=O)Nc1cc(Cl)ccc1Oc1ccccc1. The molecule has 0 aliphatic heterocycles. The van der Waals surface area contributed by atoms with Crippen LogP contribution >= 0.6 is 23.2 Å². The third-order valence-electron chi connectivity index (χ3n) is 5.56. The van der Waals surface area contributed by atoms with Crippen molar-refractivity contribution in [2.24, 2.45) is 0 Å². The van der Waals surface area contributed by atoms with Crippen LogP contribution in [0.2, 0.25) is 10.0 Å². The molecular formula is C29H26Cl2N2O5S. The Morgan fingerprint density at radius 1 is 0.846 bits per heavy atom. The fourth-order valence-corrected chi connectivity index (χ4v) is 5.55. The van der Waals surface area contributed by atoms with E-state index in [9.17, 15) is 13.2 Å². The summed E-state index contributed by atoms with van der Waals surface area (Å²) >= 11 is 12.3. The number of hydrogen-bond acceptors (Lipinski definition) is 5. The molecule has 1 atom stereocenters. The Morgan fingerprint density at radius 2 is 1.46 bits per heavy atom. The average molecular weight is 586 g/mol. The first-order valence-corrected chi connectivity index (χ1v) is 14.3. The maximum atomic E-state index is 13.6. The third-order valence-corrected chi connectivity index (χ3v) is 7.53. The first-order valence-electron chi connectivity index (χ1n) is 12.1. The lowest BCUT2D eigenvalue weighted by Crippen LogP contribution is -2.45. The summed E-state index contributed by atoms with van der Waals surface area (Å²) in [5.41, 5.74) is 1.04. The highest BCUT2D eigenvalue weighted by Crippen LogP contribution is 2.33. The second-order valence-corrected chi connectivity index (χ2v) is 11.0. The second kappa shape index (κ2) is 13.0. The van der Waals surface area contributed by atoms with Crippen molar-refractivity contribution < 1.29 is 22.7 Å². The highest BCUT2D eigenvalue weighted by Gasteiger charge is 2.29. The van der Waals surface area contributed by atoms with Crippen LogP contribution in [0.3, 0.4) is 0 Å². The number of ether oxygens (including phenoxy) is 2. The molecule has 0 aromatic heterocycles. The first kappa shape index (κ1) is 28.4. The lowest BCUT2D eigenvalue weighted by atomic mass is 10.1. The minimum atomic E-state index is -4.24. The van der Waals surface area contributed by atoms with Crippen molar-refractivity contribution in [3.63, 3.8) is 0 Å². The summed E-state index contributed by atoms with van der Waals surface area (Å²) < 4.78 is 41.0. The van der Waals surface area contributed by atoms with Crippen molar-refractivity contribution in [1.82, 2.24) is 4.72 Å². The van der Waals surface area contributed by atoms with Crippen LogP contribution in [0.4, 0.5) is 5.69 Å². The molecule has 202 valence electrons. The fraction of sp³-hybridized carbons (Fsp3) is 0.138. The van der Waals surface area contributed by atoms with Crippen LogP contribution in [-0.4, -0.2) is 27.0 Å². The van der Waals surface area contributed by atoms with Gasteiger partial charge in [-0.05, 0) is 67.4 Å². The number of carbonyl (C=O) groups excluding carboxylic acids is 1. The highest BCUT2D eigenvalue weighted by atomic mass is 35.5. The minimum absolute atomic E-state index is 0.0753. The number of amides is 1. The summed E-state index contributed by atoms with van der Waals surface area (Å²) in [5, 5.41) is 3.36. The molecule has 4 rings (SSSR count). The molecular weight excluding hydrogens is 559 g/mol. The molecule has 4 aromatic rings. The quantitative estimate of drug-likeness (QED) is 0.204. The third kappa shape index (κ3) is 7.74. The number of nitrogens with one attached hydrogen (secondary N) is 2. The van der Waals surface area contributed by atoms with Crippen LogP contribution in [0.15, 0.2) is 102 Å². The molecule has 0 fully saturated rings. The molecule has 1 amide bonds. The van der Waals surface area contributed by atoms with Gasteiger partial charge >= 0.3 is 0 Å². The normalized spacial score (nSPS) is 12.0. The van der Waals surface area contributed by atoms with E-state index < -0.39 is 22.0 Å². The Morgan fingerprint density at radius 3 is 2.13 bits per heavy atom. The van der Waals surface area contributed by atoms with Gasteiger partial charge in [0.1, 0.15) is 22.4 Å². The molecule has 0 aliphatic rings. The molecule has 0 heterocycles. The number of benzene rings is 4. The van der Waals surface area contributed by atoms with Crippen molar-refractivity contribution in [1.29, 1.82) is 0 Å². The van der Waals surface area contributed by atoms with Gasteiger partial charge in [-0.25, -0.2) is 8.42 Å². The topological polar surface area (TPSA) is 93.7 Å². The van der Waals surface area contributed by atoms with Crippen LogP contribution in [0.25, 0.3) is 0 Å². The zero-order valence-corrected chi connectivity index (χ0v) is 23.3. The second-order valence-electron chi connectivity index (χ2n) is 8.43. The molecule has 10 heteroatoms. The summed E-state index contributed by atoms with van der Waals surface area (Å²) in [7, 11) is -4.24. The van der Waals surface area contributed by atoms with E-state index in [1.807, 2.05) is 48.5 Å². The van der Waals surface area contributed by atoms with E-state index in [4.69, 9.17) is 32.7 Å². The highest BCUT2D eigenvalue weighted by molar-refractivity contribution is 7.89. The van der Waals surface area contributed by atoms with Crippen LogP contribution in [0.1, 0.15) is 12.5 Å². The molecule has 7 nitrogen and oxygen atoms in total. The molecule has 0 saturated heterocycles. The minimum Gasteiger partial charge on any atom is -0.492 e. The van der Waals surface area contributed by atoms with Gasteiger partial charge in [0.2, 0.25) is 15.9 Å². The van der Waals surface area contributed by atoms with E-state index in [1.54, 1.807) is 31.2 Å². The number of sulfonamides is 1. The lowest BCUT2D eigenvalue weighted by Gasteiger charge is -2.21. The molecule has 0 radical (unpaired) electrons. The van der Waals surface area contributed by atoms with Crippen LogP contribution in [0.5, 0.6) is 17.2 Å². The van der Waals surface area contributed by atoms with Gasteiger partial charge in [-0.15, -0.1) is 0 Å². The first-order chi connectivity index (χ1) is 18.7. The molecule has 0 aliphatic carbocycles. The van der Waals surface area contributed by atoms with Crippen LogP contribution in [-0.2, 0) is 21.2 Å².